The van der Waals surface area contributed by atoms with Crippen molar-refractivity contribution in [3.63, 3.8) is 0 Å². The normalized spacial score (nSPS) is 9.68. The van der Waals surface area contributed by atoms with E-state index in [0.717, 1.165) is 16.7 Å². The summed E-state index contributed by atoms with van der Waals surface area (Å²) in [4.78, 5) is 21.8. The molecule has 0 amide bonds. The Balaban J connectivity index is 0.000000259. The lowest BCUT2D eigenvalue weighted by Crippen LogP contribution is -2.04. The fourth-order valence-electron chi connectivity index (χ4n) is 2.41. The van der Waals surface area contributed by atoms with Crippen molar-refractivity contribution in [1.29, 1.82) is 0 Å². The monoisotopic (exact) mass is 602 g/mol. The smallest absolute Gasteiger partial charge is 0.340 e. The number of carbonyl (C=O) groups is 2. The second-order valence-corrected chi connectivity index (χ2v) is 8.25. The topological polar surface area (TPSA) is 52.6 Å². The number of esters is 2. The average Bonchev–Trinajstić information content (AvgIpc) is 2.81. The molecule has 4 nitrogen and oxygen atoms in total. The highest BCUT2D eigenvalue weighted by molar-refractivity contribution is 9.10. The summed E-state index contributed by atoms with van der Waals surface area (Å²) in [5, 5.41) is 0.561. The zero-order valence-electron chi connectivity index (χ0n) is 18.9. The molecule has 182 valence electrons. The minimum atomic E-state index is -0.654. The summed E-state index contributed by atoms with van der Waals surface area (Å²) in [6.07, 6.45) is 0. The highest BCUT2D eigenvalue weighted by Crippen LogP contribution is 2.15. The Morgan fingerprint density at radius 2 is 1.18 bits per heavy atom. The van der Waals surface area contributed by atoms with Gasteiger partial charge in [-0.1, -0.05) is 34.1 Å². The van der Waals surface area contributed by atoms with E-state index in [1.54, 1.807) is 25.1 Å². The number of carbonyl (C=O) groups excluding carboxylic acids is 2. The van der Waals surface area contributed by atoms with Crippen molar-refractivity contribution in [3.8, 4) is 0 Å². The fraction of sp³-hybridized carbons (Fsp3) is 0.200. The first kappa shape index (κ1) is 29.4. The fourth-order valence-corrected chi connectivity index (χ4v) is 3.01. The van der Waals surface area contributed by atoms with E-state index in [4.69, 9.17) is 0 Å². The van der Waals surface area contributed by atoms with Gasteiger partial charge in [-0.25, -0.2) is 22.8 Å². The number of hydrogen-bond acceptors (Lipinski definition) is 4. The Hall–Kier alpha value is -2.65. The number of methoxy groups -OCH3 is 2. The van der Waals surface area contributed by atoms with Gasteiger partial charge in [0, 0.05) is 5.33 Å². The number of aryl methyl sites for hydroxylation is 2. The van der Waals surface area contributed by atoms with Crippen molar-refractivity contribution in [2.75, 3.05) is 14.2 Å². The highest BCUT2D eigenvalue weighted by atomic mass is 79.9. The van der Waals surface area contributed by atoms with Gasteiger partial charge in [-0.2, -0.15) is 0 Å². The average molecular weight is 604 g/mol. The molecule has 3 aromatic carbocycles. The summed E-state index contributed by atoms with van der Waals surface area (Å²) >= 11 is 6.24. The summed E-state index contributed by atoms with van der Waals surface area (Å²) in [6.45, 7) is 3.61. The Morgan fingerprint density at radius 3 is 1.56 bits per heavy atom. The lowest BCUT2D eigenvalue weighted by atomic mass is 10.1. The third-order valence-corrected chi connectivity index (χ3v) is 5.49. The van der Waals surface area contributed by atoms with Crippen molar-refractivity contribution in [1.82, 2.24) is 0 Å². The van der Waals surface area contributed by atoms with Gasteiger partial charge in [0.2, 0.25) is 0 Å². The van der Waals surface area contributed by atoms with Gasteiger partial charge in [-0.3, -0.25) is 0 Å². The second kappa shape index (κ2) is 14.6. The molecule has 3 rings (SSSR count). The number of rotatable bonds is 3. The lowest BCUT2D eigenvalue weighted by molar-refractivity contribution is 0.0586. The van der Waals surface area contributed by atoms with E-state index < -0.39 is 23.6 Å². The van der Waals surface area contributed by atoms with Gasteiger partial charge in [0.25, 0.3) is 0 Å². The SMILES string of the molecule is COC(=O)c1ccc(C)cc1F.COC(=O)c1ccc(CBr)cc1F.Cc1ccc(Br)c(F)c1. The van der Waals surface area contributed by atoms with Crippen molar-refractivity contribution in [2.24, 2.45) is 0 Å². The molecule has 0 aromatic heterocycles. The minimum absolute atomic E-state index is 0.0249. The van der Waals surface area contributed by atoms with Crippen LogP contribution in [0, 0.1) is 31.3 Å². The van der Waals surface area contributed by atoms with Crippen LogP contribution < -0.4 is 0 Å². The van der Waals surface area contributed by atoms with Crippen LogP contribution in [0.4, 0.5) is 13.2 Å². The van der Waals surface area contributed by atoms with Crippen LogP contribution in [-0.2, 0) is 14.8 Å². The molecule has 0 aliphatic carbocycles. The van der Waals surface area contributed by atoms with E-state index in [2.05, 4.69) is 41.3 Å². The van der Waals surface area contributed by atoms with Gasteiger partial charge >= 0.3 is 11.9 Å². The van der Waals surface area contributed by atoms with E-state index >= 15 is 0 Å². The summed E-state index contributed by atoms with van der Waals surface area (Å²) < 4.78 is 48.0. The van der Waals surface area contributed by atoms with Crippen LogP contribution in [0.25, 0.3) is 0 Å². The zero-order chi connectivity index (χ0) is 25.8. The van der Waals surface area contributed by atoms with E-state index in [0.29, 0.717) is 9.80 Å². The molecule has 0 bridgehead atoms. The number of ether oxygens (including phenoxy) is 2. The van der Waals surface area contributed by atoms with Gasteiger partial charge in [-0.05, 0) is 82.9 Å². The highest BCUT2D eigenvalue weighted by Gasteiger charge is 2.12. The molecule has 0 aliphatic heterocycles. The van der Waals surface area contributed by atoms with Crippen LogP contribution in [0.3, 0.4) is 0 Å². The number of hydrogen-bond donors (Lipinski definition) is 0. The molecule has 9 heteroatoms. The van der Waals surface area contributed by atoms with E-state index in [9.17, 15) is 22.8 Å². The molecule has 0 saturated carbocycles. The van der Waals surface area contributed by atoms with E-state index in [1.165, 1.54) is 44.6 Å². The Labute approximate surface area is 213 Å². The van der Waals surface area contributed by atoms with Crippen LogP contribution >= 0.6 is 31.9 Å². The summed E-state index contributed by atoms with van der Waals surface area (Å²) in [7, 11) is 2.45. The molecule has 3 aromatic rings. The third-order valence-electron chi connectivity index (χ3n) is 4.20. The molecule has 0 heterocycles. The first-order valence-electron chi connectivity index (χ1n) is 9.72. The molecular formula is C25H23Br2F3O4. The van der Waals surface area contributed by atoms with Gasteiger partial charge in [0.1, 0.15) is 17.5 Å². The van der Waals surface area contributed by atoms with Crippen molar-refractivity contribution >= 4 is 43.8 Å². The number of benzene rings is 3. The van der Waals surface area contributed by atoms with Crippen LogP contribution in [-0.4, -0.2) is 26.2 Å². The summed E-state index contributed by atoms with van der Waals surface area (Å²) in [6, 6.07) is 13.8. The van der Waals surface area contributed by atoms with Crippen LogP contribution in [0.2, 0.25) is 0 Å². The molecule has 0 radical (unpaired) electrons. The summed E-state index contributed by atoms with van der Waals surface area (Å²) in [5.74, 6) is -2.59. The second-order valence-electron chi connectivity index (χ2n) is 6.83. The van der Waals surface area contributed by atoms with Gasteiger partial charge in [0.15, 0.2) is 0 Å². The molecule has 0 aliphatic rings. The van der Waals surface area contributed by atoms with Crippen LogP contribution in [0.1, 0.15) is 37.4 Å². The van der Waals surface area contributed by atoms with Crippen molar-refractivity contribution in [3.05, 3.63) is 104 Å². The van der Waals surface area contributed by atoms with E-state index in [1.807, 2.05) is 13.0 Å². The maximum atomic E-state index is 13.2. The van der Waals surface area contributed by atoms with Gasteiger partial charge < -0.3 is 9.47 Å². The predicted molar refractivity (Wildman–Crippen MR) is 132 cm³/mol. The molecule has 0 spiro atoms. The molecule has 0 saturated heterocycles. The van der Waals surface area contributed by atoms with E-state index in [-0.39, 0.29) is 16.9 Å². The third kappa shape index (κ3) is 9.30. The minimum Gasteiger partial charge on any atom is -0.465 e. The van der Waals surface area contributed by atoms with Gasteiger partial charge in [0.05, 0.1) is 29.8 Å². The zero-order valence-corrected chi connectivity index (χ0v) is 22.1. The molecule has 34 heavy (non-hydrogen) atoms. The van der Waals surface area contributed by atoms with Crippen molar-refractivity contribution in [2.45, 2.75) is 19.2 Å². The Morgan fingerprint density at radius 1 is 0.735 bits per heavy atom. The van der Waals surface area contributed by atoms with Gasteiger partial charge in [-0.15, -0.1) is 0 Å². The first-order chi connectivity index (χ1) is 16.0. The molecule has 0 N–H and O–H groups in total. The first-order valence-corrected chi connectivity index (χ1v) is 11.6. The maximum absolute atomic E-state index is 13.2. The van der Waals surface area contributed by atoms with Crippen LogP contribution in [0.5, 0.6) is 0 Å². The number of alkyl halides is 1. The maximum Gasteiger partial charge on any atom is 0.340 e. The predicted octanol–water partition coefficient (Wildman–Crippen LogP) is 7.32. The quantitative estimate of drug-likeness (QED) is 0.232. The van der Waals surface area contributed by atoms with Crippen molar-refractivity contribution < 1.29 is 32.2 Å². The Kier molecular flexibility index (Phi) is 12.6. The lowest BCUT2D eigenvalue weighted by Gasteiger charge is -2.01. The van der Waals surface area contributed by atoms with Crippen LogP contribution in [0.15, 0.2) is 59.1 Å². The Bertz CT molecular complexity index is 1140. The molecule has 0 atom stereocenters. The summed E-state index contributed by atoms with van der Waals surface area (Å²) in [5.41, 5.74) is 2.44. The molecular weight excluding hydrogens is 581 g/mol. The molecule has 0 unspecified atom stereocenters. The largest absolute Gasteiger partial charge is 0.465 e. The molecule has 0 fully saturated rings. The number of halogens is 5. The standard InChI is InChI=1S/C9H8BrFO2.C9H9FO2.C7H6BrF/c1-13-9(12)7-3-2-6(5-10)4-8(7)11;1-6-3-4-7(8(10)5-6)9(11)12-2;1-5-2-3-6(8)7(9)4-5/h2-4H,5H2,1H3;3-5H,1-2H3;2-4H,1H3.